The maximum absolute atomic E-state index is 5.69. The number of methoxy groups -OCH3 is 1. The predicted molar refractivity (Wildman–Crippen MR) is 91.2 cm³/mol. The second-order valence-corrected chi connectivity index (χ2v) is 7.01. The van der Waals surface area contributed by atoms with Gasteiger partial charge in [0.05, 0.1) is 19.2 Å². The predicted octanol–water partition coefficient (Wildman–Crippen LogP) is 4.03. The second-order valence-electron chi connectivity index (χ2n) is 5.05. The van der Waals surface area contributed by atoms with Crippen molar-refractivity contribution >= 4 is 23.1 Å². The van der Waals surface area contributed by atoms with E-state index in [9.17, 15) is 0 Å². The van der Waals surface area contributed by atoms with Gasteiger partial charge in [-0.25, -0.2) is 0 Å². The molecule has 0 amide bonds. The second kappa shape index (κ2) is 7.14. The Labute approximate surface area is 143 Å². The van der Waals surface area contributed by atoms with Crippen LogP contribution in [0.25, 0.3) is 0 Å². The SMILES string of the molecule is COc1c(C)cnc(CSc2nnc(Cc3cccs3)o2)c1C. The first-order chi connectivity index (χ1) is 11.2. The summed E-state index contributed by atoms with van der Waals surface area (Å²) in [6.07, 6.45) is 2.51. The van der Waals surface area contributed by atoms with Crippen LogP contribution in [0.4, 0.5) is 0 Å². The van der Waals surface area contributed by atoms with Crippen LogP contribution in [0.2, 0.25) is 0 Å². The highest BCUT2D eigenvalue weighted by Crippen LogP contribution is 2.28. The Morgan fingerprint density at radius 2 is 2.17 bits per heavy atom. The van der Waals surface area contributed by atoms with Crippen molar-refractivity contribution in [2.45, 2.75) is 31.2 Å². The molecule has 0 radical (unpaired) electrons. The molecule has 0 fully saturated rings. The van der Waals surface area contributed by atoms with Gasteiger partial charge in [0.1, 0.15) is 5.75 Å². The van der Waals surface area contributed by atoms with Crippen molar-refractivity contribution < 1.29 is 9.15 Å². The number of thioether (sulfide) groups is 1. The number of nitrogens with zero attached hydrogens (tertiary/aromatic N) is 3. The van der Waals surface area contributed by atoms with Crippen LogP contribution in [-0.4, -0.2) is 22.3 Å². The summed E-state index contributed by atoms with van der Waals surface area (Å²) in [6, 6.07) is 4.08. The van der Waals surface area contributed by atoms with Gasteiger partial charge in [0.25, 0.3) is 5.22 Å². The molecule has 0 spiro atoms. The van der Waals surface area contributed by atoms with Crippen LogP contribution in [0, 0.1) is 13.8 Å². The smallest absolute Gasteiger partial charge is 0.276 e. The number of aryl methyl sites for hydroxylation is 1. The third kappa shape index (κ3) is 3.73. The lowest BCUT2D eigenvalue weighted by Crippen LogP contribution is -1.98. The summed E-state index contributed by atoms with van der Waals surface area (Å²) in [6.45, 7) is 4.01. The summed E-state index contributed by atoms with van der Waals surface area (Å²) in [4.78, 5) is 5.69. The van der Waals surface area contributed by atoms with Gasteiger partial charge in [0.15, 0.2) is 0 Å². The van der Waals surface area contributed by atoms with Gasteiger partial charge in [-0.1, -0.05) is 17.8 Å². The first-order valence-corrected chi connectivity index (χ1v) is 9.00. The van der Waals surface area contributed by atoms with Gasteiger partial charge in [0, 0.05) is 28.0 Å². The minimum absolute atomic E-state index is 0.567. The first-order valence-electron chi connectivity index (χ1n) is 7.14. The van der Waals surface area contributed by atoms with E-state index in [1.54, 1.807) is 18.4 Å². The van der Waals surface area contributed by atoms with Gasteiger partial charge < -0.3 is 9.15 Å². The number of aromatic nitrogens is 3. The van der Waals surface area contributed by atoms with E-state index in [0.717, 1.165) is 22.6 Å². The van der Waals surface area contributed by atoms with E-state index < -0.39 is 0 Å². The number of pyridine rings is 1. The topological polar surface area (TPSA) is 61.0 Å². The lowest BCUT2D eigenvalue weighted by molar-refractivity contribution is 0.407. The van der Waals surface area contributed by atoms with Gasteiger partial charge in [-0.15, -0.1) is 21.5 Å². The van der Waals surface area contributed by atoms with Crippen molar-refractivity contribution in [3.05, 3.63) is 51.3 Å². The molecule has 3 aromatic heterocycles. The summed E-state index contributed by atoms with van der Waals surface area (Å²) in [5, 5.41) is 10.8. The number of rotatable bonds is 6. The third-order valence-electron chi connectivity index (χ3n) is 3.44. The molecule has 0 aromatic carbocycles. The first kappa shape index (κ1) is 16.0. The quantitative estimate of drug-likeness (QED) is 0.627. The summed E-state index contributed by atoms with van der Waals surface area (Å²) < 4.78 is 11.1. The highest BCUT2D eigenvalue weighted by molar-refractivity contribution is 7.98. The van der Waals surface area contributed by atoms with Crippen LogP contribution in [-0.2, 0) is 12.2 Å². The maximum Gasteiger partial charge on any atom is 0.276 e. The molecule has 7 heteroatoms. The van der Waals surface area contributed by atoms with Crippen molar-refractivity contribution in [2.24, 2.45) is 0 Å². The molecule has 3 rings (SSSR count). The standard InChI is InChI=1S/C16H17N3O2S2/c1-10-8-17-13(11(2)15(10)20-3)9-23-16-19-18-14(21-16)7-12-5-4-6-22-12/h4-6,8H,7,9H2,1-3H3. The molecule has 0 bridgehead atoms. The number of hydrogen-bond donors (Lipinski definition) is 0. The monoisotopic (exact) mass is 347 g/mol. The highest BCUT2D eigenvalue weighted by atomic mass is 32.2. The van der Waals surface area contributed by atoms with Gasteiger partial charge in [-0.3, -0.25) is 4.98 Å². The van der Waals surface area contributed by atoms with Crippen molar-refractivity contribution in [1.82, 2.24) is 15.2 Å². The van der Waals surface area contributed by atoms with Crippen LogP contribution in [0.1, 0.15) is 27.6 Å². The van der Waals surface area contributed by atoms with Crippen LogP contribution in [0.3, 0.4) is 0 Å². The zero-order valence-electron chi connectivity index (χ0n) is 13.2. The van der Waals surface area contributed by atoms with Crippen molar-refractivity contribution in [1.29, 1.82) is 0 Å². The Kier molecular flexibility index (Phi) is 4.97. The number of hydrogen-bond acceptors (Lipinski definition) is 7. The molecule has 5 nitrogen and oxygen atoms in total. The molecule has 0 aliphatic rings. The number of thiophene rings is 1. The van der Waals surface area contributed by atoms with E-state index in [1.807, 2.05) is 31.5 Å². The van der Waals surface area contributed by atoms with Gasteiger partial charge in [-0.05, 0) is 25.3 Å². The van der Waals surface area contributed by atoms with E-state index in [0.29, 0.717) is 23.3 Å². The van der Waals surface area contributed by atoms with Crippen LogP contribution in [0.15, 0.2) is 33.3 Å². The Hall–Kier alpha value is -1.86. The van der Waals surface area contributed by atoms with E-state index in [1.165, 1.54) is 16.6 Å². The van der Waals surface area contributed by atoms with Gasteiger partial charge >= 0.3 is 0 Å². The fourth-order valence-corrected chi connectivity index (χ4v) is 3.78. The van der Waals surface area contributed by atoms with Crippen molar-refractivity contribution in [2.75, 3.05) is 7.11 Å². The molecule has 120 valence electrons. The average molecular weight is 347 g/mol. The maximum atomic E-state index is 5.69. The van der Waals surface area contributed by atoms with Crippen molar-refractivity contribution in [3.63, 3.8) is 0 Å². The van der Waals surface area contributed by atoms with Gasteiger partial charge in [0.2, 0.25) is 5.89 Å². The molecule has 0 aliphatic heterocycles. The largest absolute Gasteiger partial charge is 0.496 e. The van der Waals surface area contributed by atoms with Crippen LogP contribution >= 0.6 is 23.1 Å². The zero-order valence-corrected chi connectivity index (χ0v) is 14.8. The lowest BCUT2D eigenvalue weighted by Gasteiger charge is -2.11. The highest BCUT2D eigenvalue weighted by Gasteiger charge is 2.13. The minimum atomic E-state index is 0.567. The van der Waals surface area contributed by atoms with Crippen LogP contribution in [0.5, 0.6) is 5.75 Å². The fourth-order valence-electron chi connectivity index (χ4n) is 2.28. The molecule has 0 unspecified atom stereocenters. The lowest BCUT2D eigenvalue weighted by atomic mass is 10.1. The zero-order chi connectivity index (χ0) is 16.2. The summed E-state index contributed by atoms with van der Waals surface area (Å²) in [7, 11) is 1.68. The Morgan fingerprint density at radius 3 is 2.91 bits per heavy atom. The summed E-state index contributed by atoms with van der Waals surface area (Å²) in [5.41, 5.74) is 3.06. The third-order valence-corrected chi connectivity index (χ3v) is 5.14. The molecule has 23 heavy (non-hydrogen) atoms. The molecule has 0 saturated carbocycles. The Morgan fingerprint density at radius 1 is 1.30 bits per heavy atom. The summed E-state index contributed by atoms with van der Waals surface area (Å²) in [5.74, 6) is 2.20. The van der Waals surface area contributed by atoms with E-state index in [2.05, 4.69) is 21.2 Å². The van der Waals surface area contributed by atoms with Crippen molar-refractivity contribution in [3.8, 4) is 5.75 Å². The van der Waals surface area contributed by atoms with Gasteiger partial charge in [-0.2, -0.15) is 0 Å². The Bertz CT molecular complexity index is 785. The van der Waals surface area contributed by atoms with E-state index in [-0.39, 0.29) is 0 Å². The molecule has 0 saturated heterocycles. The summed E-state index contributed by atoms with van der Waals surface area (Å²) >= 11 is 3.18. The molecule has 0 atom stereocenters. The minimum Gasteiger partial charge on any atom is -0.496 e. The Balaban J connectivity index is 1.66. The molecule has 0 N–H and O–H groups in total. The molecular weight excluding hydrogens is 330 g/mol. The molecule has 3 heterocycles. The number of ether oxygens (including phenoxy) is 1. The van der Waals surface area contributed by atoms with E-state index in [4.69, 9.17) is 9.15 Å². The fraction of sp³-hybridized carbons (Fsp3) is 0.312. The van der Waals surface area contributed by atoms with E-state index >= 15 is 0 Å². The molecular formula is C16H17N3O2S2. The molecule has 3 aromatic rings. The normalized spacial score (nSPS) is 10.9. The molecule has 0 aliphatic carbocycles. The van der Waals surface area contributed by atoms with Crippen LogP contribution < -0.4 is 4.74 Å². The average Bonchev–Trinajstić information content (AvgIpc) is 3.19.